The first-order chi connectivity index (χ1) is 27.0. The van der Waals surface area contributed by atoms with Crippen LogP contribution in [0.2, 0.25) is 0 Å². The zero-order valence-electron chi connectivity index (χ0n) is 34.6. The molecule has 0 bridgehead atoms. The van der Waals surface area contributed by atoms with Crippen LogP contribution in [0.15, 0.2) is 24.3 Å². The molecule has 2 fully saturated rings. The van der Waals surface area contributed by atoms with E-state index in [1.165, 1.54) is 0 Å². The van der Waals surface area contributed by atoms with Crippen LogP contribution in [-0.4, -0.2) is 92.8 Å². The molecule has 0 aliphatic heterocycles. The lowest BCUT2D eigenvalue weighted by Gasteiger charge is -2.18. The number of carbonyl (C=O) groups is 4. The third kappa shape index (κ3) is 20.8. The molecule has 11 nitrogen and oxygen atoms in total. The van der Waals surface area contributed by atoms with Crippen molar-refractivity contribution < 1.29 is 54.2 Å². The summed E-state index contributed by atoms with van der Waals surface area (Å²) in [6.07, 6.45) is 21.6. The monoisotopic (exact) mass is 793 g/mol. The predicted octanol–water partition coefficient (Wildman–Crippen LogP) is 7.02. The summed E-state index contributed by atoms with van der Waals surface area (Å²) in [6.45, 7) is 3.75. The molecule has 0 spiro atoms. The molecular weight excluding hydrogens is 716 g/mol. The molecule has 0 radical (unpaired) electrons. The number of hydrogen-bond acceptors (Lipinski definition) is 11. The van der Waals surface area contributed by atoms with Gasteiger partial charge in [0.1, 0.15) is 30.9 Å². The van der Waals surface area contributed by atoms with E-state index >= 15 is 0 Å². The van der Waals surface area contributed by atoms with Gasteiger partial charge in [0.15, 0.2) is 0 Å². The second-order valence-electron chi connectivity index (χ2n) is 16.4. The topological polar surface area (TPSA) is 188 Å². The predicted molar refractivity (Wildman–Crippen MR) is 216 cm³/mol. The van der Waals surface area contributed by atoms with E-state index in [2.05, 4.69) is 13.8 Å². The molecule has 6 unspecified atom stereocenters. The molecule has 2 rings (SSSR count). The van der Waals surface area contributed by atoms with Crippen molar-refractivity contribution in [1.82, 2.24) is 0 Å². The first kappa shape index (κ1) is 49.7. The van der Waals surface area contributed by atoms with E-state index in [1.54, 1.807) is 12.2 Å². The summed E-state index contributed by atoms with van der Waals surface area (Å²) < 4.78 is 10.3. The highest BCUT2D eigenvalue weighted by molar-refractivity contribution is 5.85. The van der Waals surface area contributed by atoms with E-state index < -0.39 is 42.5 Å². The normalized spacial score (nSPS) is 24.3. The van der Waals surface area contributed by atoms with Gasteiger partial charge in [0.2, 0.25) is 0 Å². The number of unbranched alkanes of at least 4 members (excludes halogenated alkanes) is 12. The minimum absolute atomic E-state index is 0.0853. The Labute approximate surface area is 336 Å². The molecular formula is C45H76O11. The van der Waals surface area contributed by atoms with Gasteiger partial charge in [0, 0.05) is 49.4 Å². The third-order valence-electron chi connectivity index (χ3n) is 11.4. The van der Waals surface area contributed by atoms with Crippen molar-refractivity contribution in [3.8, 4) is 0 Å². The molecule has 2 aliphatic carbocycles. The third-order valence-corrected chi connectivity index (χ3v) is 11.4. The van der Waals surface area contributed by atoms with Gasteiger partial charge in [0.05, 0.1) is 24.4 Å². The van der Waals surface area contributed by atoms with Gasteiger partial charge in [-0.15, -0.1) is 0 Å². The standard InChI is InChI=1S/C45H76O11/c1-3-5-13-19-33(46)25-27-38-36(40(49)29-42(38)51)21-15-9-7-11-17-23-44(53)55-31-35(48)32-56-45(54)24-18-12-8-10-16-22-37-39(43(52)30-41(37)50)28-26-34(47)20-14-6-4-2/h25-28,33-39,42-43,46-48,51-52H,3-24,29-32H2,1-2H3/b27-25+,28-26+/t33?,34?,35?,36-,37-,38?,39?,42?,43?/m1/s1. The van der Waals surface area contributed by atoms with Crippen molar-refractivity contribution in [3.05, 3.63) is 24.3 Å². The lowest BCUT2D eigenvalue weighted by atomic mass is 9.88. The number of carbonyl (C=O) groups excluding carboxylic acids is 4. The molecule has 0 aromatic carbocycles. The second kappa shape index (κ2) is 29.7. The molecule has 5 N–H and O–H groups in total. The molecule has 322 valence electrons. The number of rotatable bonds is 32. The zero-order valence-corrected chi connectivity index (χ0v) is 34.6. The fraction of sp³-hybridized carbons (Fsp3) is 0.822. The Bertz CT molecular complexity index is 1080. The van der Waals surface area contributed by atoms with Crippen LogP contribution in [-0.2, 0) is 28.7 Å². The number of esters is 2. The minimum Gasteiger partial charge on any atom is -0.463 e. The summed E-state index contributed by atoms with van der Waals surface area (Å²) in [5, 5.41) is 51.3. The summed E-state index contributed by atoms with van der Waals surface area (Å²) >= 11 is 0. The molecule has 11 heteroatoms. The van der Waals surface area contributed by atoms with Gasteiger partial charge < -0.3 is 35.0 Å². The molecule has 0 saturated heterocycles. The summed E-state index contributed by atoms with van der Waals surface area (Å²) in [4.78, 5) is 49.2. The van der Waals surface area contributed by atoms with Crippen molar-refractivity contribution in [2.75, 3.05) is 13.2 Å². The van der Waals surface area contributed by atoms with Gasteiger partial charge in [-0.25, -0.2) is 0 Å². The van der Waals surface area contributed by atoms with Crippen LogP contribution in [0.25, 0.3) is 0 Å². The Kier molecular flexibility index (Phi) is 26.4. The summed E-state index contributed by atoms with van der Waals surface area (Å²) in [5.74, 6) is -1.59. The second-order valence-corrected chi connectivity index (χ2v) is 16.4. The first-order valence-electron chi connectivity index (χ1n) is 22.1. The zero-order chi connectivity index (χ0) is 41.1. The maximum Gasteiger partial charge on any atom is 0.305 e. The van der Waals surface area contributed by atoms with Gasteiger partial charge in [-0.1, -0.05) is 128 Å². The first-order valence-corrected chi connectivity index (χ1v) is 22.1. The number of ether oxygens (including phenoxy) is 2. The maximum absolute atomic E-state index is 12.5. The van der Waals surface area contributed by atoms with Gasteiger partial charge in [0.25, 0.3) is 0 Å². The smallest absolute Gasteiger partial charge is 0.305 e. The maximum atomic E-state index is 12.5. The molecule has 0 aromatic rings. The highest BCUT2D eigenvalue weighted by Crippen LogP contribution is 2.36. The number of aliphatic hydroxyl groups is 5. The summed E-state index contributed by atoms with van der Waals surface area (Å²) in [5.41, 5.74) is 0. The van der Waals surface area contributed by atoms with Crippen molar-refractivity contribution >= 4 is 23.5 Å². The Balaban J connectivity index is 1.47. The van der Waals surface area contributed by atoms with Crippen LogP contribution in [0.1, 0.15) is 168 Å². The lowest BCUT2D eigenvalue weighted by Crippen LogP contribution is -2.25. The van der Waals surface area contributed by atoms with Crippen LogP contribution in [0, 0.1) is 23.7 Å². The fourth-order valence-electron chi connectivity index (χ4n) is 8.00. The SMILES string of the molecule is CCCCCC(O)/C=C/C1C(O)CC(=O)[C@@H]1CCCCCCCC(=O)OCC(O)COC(=O)CCCCCCC[C@H]1C(=O)CC(O)C1/C=C/C(O)CCCCC. The molecule has 2 aliphatic rings. The molecule has 8 atom stereocenters. The average Bonchev–Trinajstić information content (AvgIpc) is 3.60. The highest BCUT2D eigenvalue weighted by Gasteiger charge is 2.40. The fourth-order valence-corrected chi connectivity index (χ4v) is 8.00. The minimum atomic E-state index is -1.09. The molecule has 56 heavy (non-hydrogen) atoms. The average molecular weight is 793 g/mol. The van der Waals surface area contributed by atoms with E-state index in [4.69, 9.17) is 9.47 Å². The van der Waals surface area contributed by atoms with E-state index in [1.807, 2.05) is 12.2 Å². The Hall–Kier alpha value is -2.44. The number of aliphatic hydroxyl groups excluding tert-OH is 5. The number of Topliss-reactive ketones (excluding diaryl/α,β-unsaturated/α-hetero) is 2. The van der Waals surface area contributed by atoms with E-state index in [9.17, 15) is 44.7 Å². The van der Waals surface area contributed by atoms with Crippen molar-refractivity contribution in [3.63, 3.8) is 0 Å². The van der Waals surface area contributed by atoms with E-state index in [-0.39, 0.29) is 74.1 Å². The summed E-state index contributed by atoms with van der Waals surface area (Å²) in [6, 6.07) is 0. The Morgan fingerprint density at radius 2 is 0.964 bits per heavy atom. The number of ketones is 2. The van der Waals surface area contributed by atoms with Crippen LogP contribution < -0.4 is 0 Å². The van der Waals surface area contributed by atoms with Gasteiger partial charge in [-0.2, -0.15) is 0 Å². The van der Waals surface area contributed by atoms with E-state index in [0.717, 1.165) is 89.9 Å². The molecule has 0 amide bonds. The highest BCUT2D eigenvalue weighted by atomic mass is 16.6. The summed E-state index contributed by atoms with van der Waals surface area (Å²) in [7, 11) is 0. The molecule has 2 saturated carbocycles. The lowest BCUT2D eigenvalue weighted by molar-refractivity contribution is -0.152. The van der Waals surface area contributed by atoms with Crippen molar-refractivity contribution in [1.29, 1.82) is 0 Å². The number of hydrogen-bond donors (Lipinski definition) is 5. The Morgan fingerprint density at radius 1 is 0.589 bits per heavy atom. The van der Waals surface area contributed by atoms with Gasteiger partial charge in [-0.05, 0) is 38.5 Å². The van der Waals surface area contributed by atoms with Crippen LogP contribution in [0.4, 0.5) is 0 Å². The van der Waals surface area contributed by atoms with Gasteiger partial charge in [-0.3, -0.25) is 19.2 Å². The van der Waals surface area contributed by atoms with Crippen molar-refractivity contribution in [2.24, 2.45) is 23.7 Å². The van der Waals surface area contributed by atoms with Crippen LogP contribution >= 0.6 is 0 Å². The van der Waals surface area contributed by atoms with Crippen molar-refractivity contribution in [2.45, 2.75) is 198 Å². The molecule has 0 aromatic heterocycles. The van der Waals surface area contributed by atoms with Crippen LogP contribution in [0.3, 0.4) is 0 Å². The van der Waals surface area contributed by atoms with Crippen LogP contribution in [0.5, 0.6) is 0 Å². The molecule has 0 heterocycles. The quantitative estimate of drug-likeness (QED) is 0.0268. The van der Waals surface area contributed by atoms with E-state index in [0.29, 0.717) is 38.5 Å². The largest absolute Gasteiger partial charge is 0.463 e. The van der Waals surface area contributed by atoms with Gasteiger partial charge >= 0.3 is 11.9 Å². The Morgan fingerprint density at radius 3 is 1.36 bits per heavy atom.